The summed E-state index contributed by atoms with van der Waals surface area (Å²) in [5.74, 6) is -1.88. The Morgan fingerprint density at radius 1 is 0.688 bits per heavy atom. The Morgan fingerprint density at radius 2 is 1.00 bits per heavy atom. The van der Waals surface area contributed by atoms with Crippen LogP contribution in [0.25, 0.3) is 0 Å². The summed E-state index contributed by atoms with van der Waals surface area (Å²) >= 11 is 0. The van der Waals surface area contributed by atoms with Crippen molar-refractivity contribution in [3.8, 4) is 0 Å². The van der Waals surface area contributed by atoms with Gasteiger partial charge in [-0.2, -0.15) is 0 Å². The molecule has 0 unspecified atom stereocenters. The van der Waals surface area contributed by atoms with Gasteiger partial charge >= 0.3 is 11.9 Å². The zero-order valence-corrected chi connectivity index (χ0v) is 9.28. The molecular formula is C10H14O6. The van der Waals surface area contributed by atoms with Crippen LogP contribution in [0, 0.1) is 0 Å². The molecule has 6 nitrogen and oxygen atoms in total. The molecule has 90 valence electrons. The molecule has 0 saturated carbocycles. The van der Waals surface area contributed by atoms with Gasteiger partial charge in [-0.15, -0.1) is 0 Å². The maximum absolute atomic E-state index is 10.9. The molecule has 0 aromatic carbocycles. The van der Waals surface area contributed by atoms with Crippen LogP contribution in [0.3, 0.4) is 0 Å². The average Bonchev–Trinajstić information content (AvgIpc) is 2.20. The summed E-state index contributed by atoms with van der Waals surface area (Å²) in [5.41, 5.74) is 0. The first-order valence-corrected chi connectivity index (χ1v) is 4.81. The molecule has 16 heavy (non-hydrogen) atoms. The van der Waals surface area contributed by atoms with Crippen molar-refractivity contribution in [3.63, 3.8) is 0 Å². The molecule has 0 aliphatic carbocycles. The number of hydrogen-bond donors (Lipinski definition) is 0. The largest absolute Gasteiger partial charge is 0.356 e. The third-order valence-corrected chi connectivity index (χ3v) is 1.59. The van der Waals surface area contributed by atoms with Crippen molar-refractivity contribution >= 4 is 23.5 Å². The molecule has 6 heteroatoms. The van der Waals surface area contributed by atoms with E-state index in [4.69, 9.17) is 0 Å². The molecule has 0 aromatic rings. The van der Waals surface area contributed by atoms with E-state index in [0.717, 1.165) is 0 Å². The Labute approximate surface area is 92.8 Å². The van der Waals surface area contributed by atoms with Crippen LogP contribution in [-0.4, -0.2) is 23.5 Å². The van der Waals surface area contributed by atoms with Gasteiger partial charge in [0.1, 0.15) is 11.6 Å². The highest BCUT2D eigenvalue weighted by molar-refractivity contribution is 5.82. The van der Waals surface area contributed by atoms with Crippen LogP contribution in [0.5, 0.6) is 0 Å². The Morgan fingerprint density at radius 3 is 1.25 bits per heavy atom. The summed E-state index contributed by atoms with van der Waals surface area (Å²) in [5, 5.41) is 0. The van der Waals surface area contributed by atoms with Crippen molar-refractivity contribution in [2.45, 2.75) is 39.5 Å². The van der Waals surface area contributed by atoms with Gasteiger partial charge in [0.15, 0.2) is 0 Å². The molecule has 0 spiro atoms. The fraction of sp³-hybridized carbons (Fsp3) is 0.600. The normalized spacial score (nSPS) is 9.38. The molecule has 0 rings (SSSR count). The topological polar surface area (TPSA) is 86.7 Å². The van der Waals surface area contributed by atoms with Gasteiger partial charge in [-0.3, -0.25) is 0 Å². The minimum Gasteiger partial charge on any atom is -0.300 e. The van der Waals surface area contributed by atoms with Crippen LogP contribution in [0.15, 0.2) is 0 Å². The summed E-state index contributed by atoms with van der Waals surface area (Å²) in [6, 6.07) is 0. The van der Waals surface area contributed by atoms with E-state index < -0.39 is 11.9 Å². The van der Waals surface area contributed by atoms with Crippen molar-refractivity contribution in [2.75, 3.05) is 0 Å². The van der Waals surface area contributed by atoms with Crippen LogP contribution in [0.2, 0.25) is 0 Å². The molecule has 0 N–H and O–H groups in total. The van der Waals surface area contributed by atoms with E-state index in [9.17, 15) is 19.2 Å². The smallest absolute Gasteiger partial charge is 0.300 e. The van der Waals surface area contributed by atoms with Gasteiger partial charge in [0.05, 0.1) is 12.8 Å². The highest BCUT2D eigenvalue weighted by Gasteiger charge is 2.11. The Hall–Kier alpha value is -1.72. The number of carbonyl (C=O) groups excluding carboxylic acids is 4. The summed E-state index contributed by atoms with van der Waals surface area (Å²) < 4.78 is 0. The lowest BCUT2D eigenvalue weighted by Crippen LogP contribution is -2.12. The van der Waals surface area contributed by atoms with Crippen LogP contribution >= 0.6 is 0 Å². The van der Waals surface area contributed by atoms with E-state index in [0.29, 0.717) is 0 Å². The van der Waals surface area contributed by atoms with Gasteiger partial charge in [0, 0.05) is 12.8 Å². The average molecular weight is 230 g/mol. The molecule has 0 saturated heterocycles. The molecule has 0 amide bonds. The number of carbonyl (C=O) groups is 4. The first-order chi connectivity index (χ1) is 7.41. The molecule has 0 heterocycles. The van der Waals surface area contributed by atoms with Gasteiger partial charge in [0.25, 0.3) is 0 Å². The van der Waals surface area contributed by atoms with Crippen molar-refractivity contribution < 1.29 is 29.0 Å². The van der Waals surface area contributed by atoms with E-state index in [2.05, 4.69) is 9.78 Å². The molecule has 0 aromatic heterocycles. The molecule has 0 radical (unpaired) electrons. The van der Waals surface area contributed by atoms with Gasteiger partial charge in [-0.05, 0) is 13.8 Å². The molecule has 0 aliphatic rings. The van der Waals surface area contributed by atoms with Crippen LogP contribution in [0.1, 0.15) is 39.5 Å². The Bertz CT molecular complexity index is 264. The van der Waals surface area contributed by atoms with Crippen LogP contribution in [0.4, 0.5) is 0 Å². The van der Waals surface area contributed by atoms with Gasteiger partial charge in [-0.25, -0.2) is 19.4 Å². The second-order valence-corrected chi connectivity index (χ2v) is 3.31. The lowest BCUT2D eigenvalue weighted by Gasteiger charge is -2.01. The van der Waals surface area contributed by atoms with Crippen molar-refractivity contribution in [2.24, 2.45) is 0 Å². The minimum absolute atomic E-state index is 0.0455. The van der Waals surface area contributed by atoms with Crippen LogP contribution in [-0.2, 0) is 29.0 Å². The fourth-order valence-electron chi connectivity index (χ4n) is 0.732. The first kappa shape index (κ1) is 14.3. The second-order valence-electron chi connectivity index (χ2n) is 3.31. The Kier molecular flexibility index (Phi) is 6.74. The van der Waals surface area contributed by atoms with Gasteiger partial charge in [-0.1, -0.05) is 0 Å². The maximum atomic E-state index is 10.9. The van der Waals surface area contributed by atoms with E-state index in [1.165, 1.54) is 13.8 Å². The SMILES string of the molecule is CC(=O)CCC(=O)OOC(=O)CCC(C)=O. The quantitative estimate of drug-likeness (QED) is 0.493. The molecule has 0 atom stereocenters. The van der Waals surface area contributed by atoms with E-state index in [1.54, 1.807) is 0 Å². The third-order valence-electron chi connectivity index (χ3n) is 1.59. The standard InChI is InChI=1S/C10H14O6/c1-7(11)3-5-9(13)15-16-10(14)6-4-8(2)12/h3-6H2,1-2H3. The monoisotopic (exact) mass is 230 g/mol. The number of hydrogen-bond acceptors (Lipinski definition) is 6. The van der Waals surface area contributed by atoms with Crippen molar-refractivity contribution in [3.05, 3.63) is 0 Å². The molecule has 0 fully saturated rings. The second kappa shape index (κ2) is 7.56. The Balaban J connectivity index is 3.63. The number of rotatable bonds is 6. The highest BCUT2D eigenvalue weighted by Crippen LogP contribution is 1.98. The number of ketones is 2. The predicted octanol–water partition coefficient (Wildman–Crippen LogP) is 0.726. The van der Waals surface area contributed by atoms with E-state index >= 15 is 0 Å². The third kappa shape index (κ3) is 8.86. The van der Waals surface area contributed by atoms with Crippen LogP contribution < -0.4 is 0 Å². The predicted molar refractivity (Wildman–Crippen MR) is 52.0 cm³/mol. The zero-order chi connectivity index (χ0) is 12.6. The summed E-state index contributed by atoms with van der Waals surface area (Å²) in [6.45, 7) is 2.68. The fourth-order valence-corrected chi connectivity index (χ4v) is 0.732. The van der Waals surface area contributed by atoms with Crippen molar-refractivity contribution in [1.29, 1.82) is 0 Å². The lowest BCUT2D eigenvalue weighted by atomic mass is 10.2. The number of Topliss-reactive ketones (excluding diaryl/α,β-unsaturated/α-hetero) is 2. The molecule has 0 aliphatic heterocycles. The highest BCUT2D eigenvalue weighted by atomic mass is 17.2. The summed E-state index contributed by atoms with van der Waals surface area (Å²) in [7, 11) is 0. The summed E-state index contributed by atoms with van der Waals surface area (Å²) in [6.07, 6.45) is -0.168. The van der Waals surface area contributed by atoms with Gasteiger partial charge < -0.3 is 9.59 Å². The molecular weight excluding hydrogens is 216 g/mol. The van der Waals surface area contributed by atoms with Gasteiger partial charge in [0.2, 0.25) is 0 Å². The van der Waals surface area contributed by atoms with Crippen molar-refractivity contribution in [1.82, 2.24) is 0 Å². The zero-order valence-electron chi connectivity index (χ0n) is 9.28. The first-order valence-electron chi connectivity index (χ1n) is 4.81. The molecule has 0 bridgehead atoms. The van der Waals surface area contributed by atoms with E-state index in [-0.39, 0.29) is 37.2 Å². The maximum Gasteiger partial charge on any atom is 0.356 e. The lowest BCUT2D eigenvalue weighted by molar-refractivity contribution is -0.259. The summed E-state index contributed by atoms with van der Waals surface area (Å²) in [4.78, 5) is 51.0. The minimum atomic E-state index is -0.786. The van der Waals surface area contributed by atoms with E-state index in [1.807, 2.05) is 0 Å².